The number of hydrogen-bond donors (Lipinski definition) is 0. The smallest absolute Gasteiger partial charge is 0.301 e. The molecule has 2 aliphatic rings. The van der Waals surface area contributed by atoms with Gasteiger partial charge in [-0.15, -0.1) is 0 Å². The van der Waals surface area contributed by atoms with E-state index in [1.54, 1.807) is 6.92 Å². The number of nitrogens with zero attached hydrogens (tertiary/aromatic N) is 3. The molecule has 0 bridgehead atoms. The molecular weight excluding hydrogens is 686 g/mol. The number of ketones is 1. The minimum absolute atomic E-state index is 0.0464. The lowest BCUT2D eigenvalue weighted by Crippen LogP contribution is -2.47. The van der Waals surface area contributed by atoms with Gasteiger partial charge in [0, 0.05) is 25.8 Å². The molecule has 4 atom stereocenters. The second-order valence-corrected chi connectivity index (χ2v) is 27.0. The van der Waals surface area contributed by atoms with Gasteiger partial charge in [-0.2, -0.15) is 4.98 Å². The Morgan fingerprint density at radius 3 is 2.08 bits per heavy atom. The lowest BCUT2D eigenvalue weighted by molar-refractivity contribution is 0.00691. The summed E-state index contributed by atoms with van der Waals surface area (Å²) >= 11 is 6.93. The number of benzene rings is 2. The molecule has 0 amide bonds. The topological polar surface area (TPSA) is 93.9 Å². The van der Waals surface area contributed by atoms with Crippen molar-refractivity contribution in [2.75, 3.05) is 19.8 Å². The first-order valence-electron chi connectivity index (χ1n) is 17.4. The van der Waals surface area contributed by atoms with Crippen LogP contribution in [0, 0.1) is 0 Å². The quantitative estimate of drug-likeness (QED) is 0.0810. The average Bonchev–Trinajstić information content (AvgIpc) is 3.73. The summed E-state index contributed by atoms with van der Waals surface area (Å²) in [6.07, 6.45) is -0.964. The monoisotopic (exact) mass is 735 g/mol. The fourth-order valence-electron chi connectivity index (χ4n) is 6.00. The predicted molar refractivity (Wildman–Crippen MR) is 203 cm³/mol. The molecule has 2 fully saturated rings. The Hall–Kier alpha value is -2.91. The first-order valence-corrected chi connectivity index (χ1v) is 24.4. The van der Waals surface area contributed by atoms with Crippen molar-refractivity contribution >= 4 is 44.9 Å². The van der Waals surface area contributed by atoms with Crippen LogP contribution in [0.3, 0.4) is 0 Å². The first-order chi connectivity index (χ1) is 23.5. The molecule has 0 radical (unpaired) electrons. The van der Waals surface area contributed by atoms with Gasteiger partial charge in [-0.25, -0.2) is 4.98 Å². The third kappa shape index (κ3) is 7.94. The van der Waals surface area contributed by atoms with Crippen LogP contribution in [0.1, 0.15) is 38.1 Å². The Morgan fingerprint density at radius 1 is 0.900 bits per heavy atom. The van der Waals surface area contributed by atoms with Crippen molar-refractivity contribution in [2.24, 2.45) is 0 Å². The van der Waals surface area contributed by atoms with Crippen molar-refractivity contribution in [3.05, 3.63) is 65.2 Å². The molecule has 4 heterocycles. The second kappa shape index (κ2) is 14.3. The lowest BCUT2D eigenvalue weighted by Gasteiger charge is -2.39. The largest absolute Gasteiger partial charge is 0.456 e. The number of rotatable bonds is 12. The fraction of sp³-hybridized carbons (Fsp3) is 0.500. The molecule has 0 unspecified atom stereocenters. The maximum Gasteiger partial charge on any atom is 0.301 e. The van der Waals surface area contributed by atoms with Gasteiger partial charge in [-0.1, -0.05) is 101 Å². The molecule has 0 N–H and O–H groups in total. The van der Waals surface area contributed by atoms with E-state index in [4.69, 9.17) is 44.9 Å². The van der Waals surface area contributed by atoms with Crippen LogP contribution in [-0.4, -0.2) is 80.9 Å². The number of imidazole rings is 1. The summed E-state index contributed by atoms with van der Waals surface area (Å²) in [5, 5.41) is 0.582. The average molecular weight is 736 g/mol. The van der Waals surface area contributed by atoms with Crippen LogP contribution in [0.5, 0.6) is 6.01 Å². The van der Waals surface area contributed by atoms with E-state index in [-0.39, 0.29) is 42.0 Å². The van der Waals surface area contributed by atoms with Crippen molar-refractivity contribution in [3.63, 3.8) is 0 Å². The van der Waals surface area contributed by atoms with Gasteiger partial charge in [0.2, 0.25) is 0 Å². The van der Waals surface area contributed by atoms with Crippen molar-refractivity contribution in [1.29, 1.82) is 0 Å². The van der Waals surface area contributed by atoms with Crippen molar-refractivity contribution in [1.82, 2.24) is 14.5 Å². The van der Waals surface area contributed by atoms with E-state index in [0.29, 0.717) is 47.8 Å². The van der Waals surface area contributed by atoms with Crippen LogP contribution in [0.15, 0.2) is 54.6 Å². The highest BCUT2D eigenvalue weighted by molar-refractivity contribution is 6.76. The molecule has 268 valence electrons. The Balaban J connectivity index is 1.25. The molecule has 2 saturated heterocycles. The molecule has 2 aromatic carbocycles. The van der Waals surface area contributed by atoms with Crippen LogP contribution in [0.2, 0.25) is 48.8 Å². The Morgan fingerprint density at radius 2 is 1.48 bits per heavy atom. The summed E-state index contributed by atoms with van der Waals surface area (Å²) in [6, 6.07) is 19.0. The number of Topliss-reactive ketones (excluding diaryl/α,β-unsaturated/α-hetero) is 1. The van der Waals surface area contributed by atoms with Gasteiger partial charge in [-0.05, 0) is 48.3 Å². The molecule has 0 spiro atoms. The van der Waals surface area contributed by atoms with Gasteiger partial charge in [-0.3, -0.25) is 9.36 Å². The van der Waals surface area contributed by atoms with Crippen molar-refractivity contribution < 1.29 is 28.2 Å². The third-order valence-corrected chi connectivity index (χ3v) is 16.6. The maximum absolute atomic E-state index is 11.7. The van der Waals surface area contributed by atoms with Gasteiger partial charge in [0.25, 0.3) is 0 Å². The van der Waals surface area contributed by atoms with Crippen LogP contribution < -0.4 is 4.74 Å². The normalized spacial score (nSPS) is 21.2. The van der Waals surface area contributed by atoms with E-state index in [9.17, 15) is 4.79 Å². The number of aromatic nitrogens is 3. The van der Waals surface area contributed by atoms with Gasteiger partial charge < -0.3 is 23.4 Å². The minimum Gasteiger partial charge on any atom is -0.456 e. The second-order valence-electron chi connectivity index (χ2n) is 16.2. The highest BCUT2D eigenvalue weighted by Gasteiger charge is 2.52. The molecule has 0 saturated carbocycles. The maximum atomic E-state index is 11.7. The van der Waals surface area contributed by atoms with E-state index < -0.39 is 16.4 Å². The van der Waals surface area contributed by atoms with Crippen LogP contribution in [0.4, 0.5) is 0 Å². The van der Waals surface area contributed by atoms with E-state index >= 15 is 0 Å². The Kier molecular flexibility index (Phi) is 10.5. The van der Waals surface area contributed by atoms with Gasteiger partial charge >= 0.3 is 6.01 Å². The fourth-order valence-corrected chi connectivity index (χ4v) is 8.32. The number of halogens is 1. The zero-order valence-electron chi connectivity index (χ0n) is 30.7. The van der Waals surface area contributed by atoms with Crippen molar-refractivity contribution in [3.8, 4) is 28.4 Å². The summed E-state index contributed by atoms with van der Waals surface area (Å²) in [5.41, 5.74) is 5.47. The first kappa shape index (κ1) is 36.9. The number of fused-ring (bicyclic) bond motifs is 2. The highest BCUT2D eigenvalue weighted by Crippen LogP contribution is 2.41. The number of pyridine rings is 1. The Labute approximate surface area is 302 Å². The van der Waals surface area contributed by atoms with Crippen molar-refractivity contribution in [2.45, 2.75) is 103 Å². The summed E-state index contributed by atoms with van der Waals surface area (Å²) in [6.45, 7) is 21.5. The molecular formula is C38H50ClN3O6Si2. The molecule has 2 aliphatic heterocycles. The molecule has 2 aromatic heterocycles. The standard InChI is InChI=1S/C38H50ClN3O6Si2/c1-24(43)25-10-12-26(13-11-25)27-14-16-28(17-15-27)33-29(39)20-30-36(40-33)41-37(42(30)23-44-18-19-49(5,6)7)47-31-21-45-35-32(22-46-34(31)35)48-50(8,9)38(2,3)4/h10-17,20,31-32,34-35H,18-19,21-23H2,1-9H3/t31-,32-,34-,35-/m1/s1. The number of carbonyl (C=O) groups is 1. The van der Waals surface area contributed by atoms with Gasteiger partial charge in [0.05, 0.1) is 35.6 Å². The van der Waals surface area contributed by atoms with Crippen LogP contribution >= 0.6 is 11.6 Å². The van der Waals surface area contributed by atoms with E-state index in [0.717, 1.165) is 28.3 Å². The molecule has 0 aliphatic carbocycles. The number of carbonyl (C=O) groups excluding carboxylic acids is 1. The molecule has 50 heavy (non-hydrogen) atoms. The predicted octanol–water partition coefficient (Wildman–Crippen LogP) is 8.87. The third-order valence-electron chi connectivity index (χ3n) is 10.1. The summed E-state index contributed by atoms with van der Waals surface area (Å²) < 4.78 is 34.0. The van der Waals surface area contributed by atoms with Gasteiger partial charge in [0.15, 0.2) is 25.9 Å². The van der Waals surface area contributed by atoms with Gasteiger partial charge in [0.1, 0.15) is 18.9 Å². The SMILES string of the molecule is CC(=O)c1ccc(-c2ccc(-c3nc4nc(O[C@@H]5CO[C@H]6[C@@H]5OC[C@H]6O[Si](C)(C)C(C)(C)C)n(COCC[Si](C)(C)C)c4cc3Cl)cc2)cc1. The molecule has 6 rings (SSSR count). The van der Waals surface area contributed by atoms with E-state index in [2.05, 4.69) is 53.5 Å². The zero-order valence-corrected chi connectivity index (χ0v) is 33.5. The molecule has 12 heteroatoms. The Bertz CT molecular complexity index is 1830. The number of ether oxygens (including phenoxy) is 4. The van der Waals surface area contributed by atoms with E-state index in [1.807, 2.05) is 59.2 Å². The number of hydrogen-bond acceptors (Lipinski definition) is 8. The summed E-state index contributed by atoms with van der Waals surface area (Å²) in [4.78, 5) is 21.5. The lowest BCUT2D eigenvalue weighted by atomic mass is 10.0. The summed E-state index contributed by atoms with van der Waals surface area (Å²) in [5.74, 6) is 0.0464. The highest BCUT2D eigenvalue weighted by atomic mass is 35.5. The van der Waals surface area contributed by atoms with E-state index in [1.165, 1.54) is 0 Å². The zero-order chi connectivity index (χ0) is 36.0. The molecule has 4 aromatic rings. The van der Waals surface area contributed by atoms with Crippen LogP contribution in [0.25, 0.3) is 33.5 Å². The minimum atomic E-state index is -2.02. The molecule has 9 nitrogen and oxygen atoms in total. The summed E-state index contributed by atoms with van der Waals surface area (Å²) in [7, 11) is -3.30. The van der Waals surface area contributed by atoms with Crippen LogP contribution in [-0.2, 0) is 25.4 Å².